The molecule has 0 aliphatic rings. The molecular formula is C12H25NO. The van der Waals surface area contributed by atoms with Gasteiger partial charge < -0.3 is 5.32 Å². The molecule has 0 unspecified atom stereocenters. The van der Waals surface area contributed by atoms with Crippen LogP contribution >= 0.6 is 0 Å². The molecule has 1 N–H and O–H groups in total. The summed E-state index contributed by atoms with van der Waals surface area (Å²) in [6.07, 6.45) is 0.939. The van der Waals surface area contributed by atoms with E-state index in [1.54, 1.807) is 0 Å². The van der Waals surface area contributed by atoms with E-state index in [1.807, 2.05) is 27.7 Å². The fourth-order valence-corrected chi connectivity index (χ4v) is 1.46. The first-order chi connectivity index (χ1) is 6.25. The molecule has 0 saturated heterocycles. The Hall–Kier alpha value is -0.370. The lowest BCUT2D eigenvalue weighted by Gasteiger charge is -2.22. The maximum atomic E-state index is 11.8. The van der Waals surface area contributed by atoms with Crippen molar-refractivity contribution in [1.82, 2.24) is 5.32 Å². The van der Waals surface area contributed by atoms with E-state index in [1.165, 1.54) is 0 Å². The van der Waals surface area contributed by atoms with Crippen molar-refractivity contribution in [3.8, 4) is 0 Å². The number of hydrogen-bond acceptors (Lipinski definition) is 2. The van der Waals surface area contributed by atoms with Crippen LogP contribution in [0.2, 0.25) is 0 Å². The van der Waals surface area contributed by atoms with Gasteiger partial charge in [0.05, 0.1) is 0 Å². The van der Waals surface area contributed by atoms with E-state index in [0.717, 1.165) is 13.0 Å². The zero-order valence-corrected chi connectivity index (χ0v) is 10.5. The summed E-state index contributed by atoms with van der Waals surface area (Å²) in [5.41, 5.74) is -0.197. The lowest BCUT2D eigenvalue weighted by atomic mass is 9.82. The van der Waals surface area contributed by atoms with Gasteiger partial charge in [0.2, 0.25) is 0 Å². The fourth-order valence-electron chi connectivity index (χ4n) is 1.46. The summed E-state index contributed by atoms with van der Waals surface area (Å²) in [6.45, 7) is 13.2. The number of rotatable bonds is 5. The number of ketones is 1. The highest BCUT2D eigenvalue weighted by Gasteiger charge is 2.25. The monoisotopic (exact) mass is 199 g/mol. The molecule has 0 radical (unpaired) electrons. The summed E-state index contributed by atoms with van der Waals surface area (Å²) in [7, 11) is 0. The van der Waals surface area contributed by atoms with Gasteiger partial charge in [-0.15, -0.1) is 0 Å². The lowest BCUT2D eigenvalue weighted by molar-refractivity contribution is -0.130. The molecule has 84 valence electrons. The molecule has 0 spiro atoms. The van der Waals surface area contributed by atoms with Crippen molar-refractivity contribution >= 4 is 5.78 Å². The van der Waals surface area contributed by atoms with E-state index < -0.39 is 0 Å². The summed E-state index contributed by atoms with van der Waals surface area (Å²) in [5.74, 6) is 0.532. The summed E-state index contributed by atoms with van der Waals surface area (Å²) in [6, 6.07) is 0.506. The van der Waals surface area contributed by atoms with E-state index >= 15 is 0 Å². The van der Waals surface area contributed by atoms with Crippen molar-refractivity contribution in [2.75, 3.05) is 6.54 Å². The van der Waals surface area contributed by atoms with Gasteiger partial charge in [-0.1, -0.05) is 41.5 Å². The molecule has 0 bridgehead atoms. The van der Waals surface area contributed by atoms with Crippen LogP contribution in [0.5, 0.6) is 0 Å². The van der Waals surface area contributed by atoms with Crippen LogP contribution in [-0.4, -0.2) is 18.4 Å². The molecule has 0 rings (SSSR count). The van der Waals surface area contributed by atoms with Crippen molar-refractivity contribution < 1.29 is 4.79 Å². The molecule has 0 aliphatic heterocycles. The van der Waals surface area contributed by atoms with Gasteiger partial charge in [0, 0.05) is 17.4 Å². The molecule has 0 amide bonds. The number of hydrogen-bond donors (Lipinski definition) is 1. The minimum atomic E-state index is -0.197. The van der Waals surface area contributed by atoms with Gasteiger partial charge in [-0.25, -0.2) is 0 Å². The first kappa shape index (κ1) is 13.6. The molecule has 0 aromatic heterocycles. The maximum Gasteiger partial charge on any atom is 0.141 e. The third kappa shape index (κ3) is 5.38. The summed E-state index contributed by atoms with van der Waals surface area (Å²) in [4.78, 5) is 11.8. The molecule has 2 nitrogen and oxygen atoms in total. The van der Waals surface area contributed by atoms with E-state index in [2.05, 4.69) is 19.2 Å². The molecule has 14 heavy (non-hydrogen) atoms. The van der Waals surface area contributed by atoms with E-state index in [9.17, 15) is 4.79 Å². The first-order valence-electron chi connectivity index (χ1n) is 5.53. The second kappa shape index (κ2) is 5.50. The third-order valence-corrected chi connectivity index (χ3v) is 2.32. The Balaban J connectivity index is 3.86. The zero-order chi connectivity index (χ0) is 11.4. The predicted molar refractivity (Wildman–Crippen MR) is 61.4 cm³/mol. The van der Waals surface area contributed by atoms with Gasteiger partial charge in [-0.3, -0.25) is 4.79 Å². The summed E-state index contributed by atoms with van der Waals surface area (Å²) < 4.78 is 0. The highest BCUT2D eigenvalue weighted by Crippen LogP contribution is 2.21. The minimum Gasteiger partial charge on any atom is -0.315 e. The smallest absolute Gasteiger partial charge is 0.141 e. The number of Topliss-reactive ketones (excluding diaryl/α,β-unsaturated/α-hetero) is 1. The van der Waals surface area contributed by atoms with E-state index in [4.69, 9.17) is 0 Å². The molecule has 0 aromatic rings. The molecule has 1 atom stereocenters. The summed E-state index contributed by atoms with van der Waals surface area (Å²) in [5, 5.41) is 3.33. The van der Waals surface area contributed by atoms with Gasteiger partial charge in [0.15, 0.2) is 0 Å². The maximum absolute atomic E-state index is 11.8. The highest BCUT2D eigenvalue weighted by molar-refractivity contribution is 5.85. The second-order valence-corrected chi connectivity index (χ2v) is 5.41. The van der Waals surface area contributed by atoms with Crippen LogP contribution in [0, 0.1) is 11.3 Å². The SMILES string of the molecule is CC(C)NCC[C@@H](C)C(=O)C(C)(C)C. The number of carbonyl (C=O) groups is 1. The highest BCUT2D eigenvalue weighted by atomic mass is 16.1. The normalized spacial score (nSPS) is 14.5. The van der Waals surface area contributed by atoms with Gasteiger partial charge >= 0.3 is 0 Å². The largest absolute Gasteiger partial charge is 0.315 e. The van der Waals surface area contributed by atoms with Crippen LogP contribution in [0.25, 0.3) is 0 Å². The standard InChI is InChI=1S/C12H25NO/c1-9(2)13-8-7-10(3)11(14)12(4,5)6/h9-10,13H,7-8H2,1-6H3/t10-/m1/s1. The van der Waals surface area contributed by atoms with Gasteiger partial charge in [-0.2, -0.15) is 0 Å². The quantitative estimate of drug-likeness (QED) is 0.737. The lowest BCUT2D eigenvalue weighted by Crippen LogP contribution is -2.31. The van der Waals surface area contributed by atoms with Crippen LogP contribution in [0.1, 0.15) is 48.0 Å². The van der Waals surface area contributed by atoms with Crippen molar-refractivity contribution in [2.45, 2.75) is 54.0 Å². The molecule has 2 heteroatoms. The van der Waals surface area contributed by atoms with E-state index in [-0.39, 0.29) is 11.3 Å². The molecule has 0 aliphatic carbocycles. The third-order valence-electron chi connectivity index (χ3n) is 2.32. The van der Waals surface area contributed by atoms with Crippen LogP contribution in [0.3, 0.4) is 0 Å². The molecular weight excluding hydrogens is 174 g/mol. The van der Waals surface area contributed by atoms with Crippen LogP contribution in [-0.2, 0) is 4.79 Å². The average Bonchev–Trinajstić information content (AvgIpc) is 2.00. The molecule has 0 aromatic carbocycles. The van der Waals surface area contributed by atoms with Crippen molar-refractivity contribution in [2.24, 2.45) is 11.3 Å². The van der Waals surface area contributed by atoms with Crippen molar-refractivity contribution in [3.63, 3.8) is 0 Å². The van der Waals surface area contributed by atoms with Gasteiger partial charge in [0.25, 0.3) is 0 Å². The zero-order valence-electron chi connectivity index (χ0n) is 10.5. The first-order valence-corrected chi connectivity index (χ1v) is 5.53. The minimum absolute atomic E-state index is 0.168. The van der Waals surface area contributed by atoms with Crippen LogP contribution in [0.15, 0.2) is 0 Å². The van der Waals surface area contributed by atoms with Gasteiger partial charge in [0.1, 0.15) is 5.78 Å². The Morgan fingerprint density at radius 2 is 1.71 bits per heavy atom. The number of nitrogens with one attached hydrogen (secondary N) is 1. The molecule has 0 fully saturated rings. The summed E-state index contributed by atoms with van der Waals surface area (Å²) >= 11 is 0. The van der Waals surface area contributed by atoms with Crippen molar-refractivity contribution in [1.29, 1.82) is 0 Å². The predicted octanol–water partition coefficient (Wildman–Crippen LogP) is 2.63. The average molecular weight is 199 g/mol. The van der Waals surface area contributed by atoms with Crippen molar-refractivity contribution in [3.05, 3.63) is 0 Å². The molecule has 0 heterocycles. The van der Waals surface area contributed by atoms with E-state index in [0.29, 0.717) is 11.8 Å². The van der Waals surface area contributed by atoms with Gasteiger partial charge in [-0.05, 0) is 13.0 Å². The Morgan fingerprint density at radius 1 is 1.21 bits per heavy atom. The second-order valence-electron chi connectivity index (χ2n) is 5.41. The topological polar surface area (TPSA) is 29.1 Å². The molecule has 0 saturated carbocycles. The Kier molecular flexibility index (Phi) is 5.35. The number of carbonyl (C=O) groups excluding carboxylic acids is 1. The Labute approximate surface area is 88.5 Å². The van der Waals surface area contributed by atoms with Crippen LogP contribution in [0.4, 0.5) is 0 Å². The fraction of sp³-hybridized carbons (Fsp3) is 0.917. The Morgan fingerprint density at radius 3 is 2.07 bits per heavy atom. The van der Waals surface area contributed by atoms with Crippen LogP contribution < -0.4 is 5.32 Å². The Bertz CT molecular complexity index is 179.